The van der Waals surface area contributed by atoms with Crippen molar-refractivity contribution in [2.75, 3.05) is 14.2 Å². The lowest BCUT2D eigenvalue weighted by atomic mass is 10.1. The van der Waals surface area contributed by atoms with Gasteiger partial charge >= 0.3 is 0 Å². The summed E-state index contributed by atoms with van der Waals surface area (Å²) >= 11 is 0. The van der Waals surface area contributed by atoms with Crippen molar-refractivity contribution in [3.05, 3.63) is 77.7 Å². The molecule has 0 saturated heterocycles. The van der Waals surface area contributed by atoms with Crippen LogP contribution < -0.4 is 19.5 Å². The third-order valence-corrected chi connectivity index (χ3v) is 4.16. The van der Waals surface area contributed by atoms with E-state index in [0.717, 1.165) is 11.1 Å². The number of amides is 1. The standard InChI is InChI=1S/C22H21FN2O4/c1-27-19-8-9-20(28-2)16(11-19)12-21(26)24-13-15-3-10-22(25-14-15)29-18-6-4-17(23)5-7-18/h3-11,14H,12-13H2,1-2H3,(H,24,26). The summed E-state index contributed by atoms with van der Waals surface area (Å²) in [6.45, 7) is 0.328. The predicted octanol–water partition coefficient (Wildman–Crippen LogP) is 3.89. The molecule has 6 nitrogen and oxygen atoms in total. The number of aromatic nitrogens is 1. The molecule has 150 valence electrons. The maximum absolute atomic E-state index is 12.9. The Morgan fingerprint density at radius 2 is 1.76 bits per heavy atom. The van der Waals surface area contributed by atoms with Crippen LogP contribution in [-0.2, 0) is 17.8 Å². The fraction of sp³-hybridized carbons (Fsp3) is 0.182. The van der Waals surface area contributed by atoms with Crippen LogP contribution in [0.1, 0.15) is 11.1 Å². The number of carbonyl (C=O) groups is 1. The molecule has 3 aromatic rings. The van der Waals surface area contributed by atoms with Crippen molar-refractivity contribution in [1.82, 2.24) is 10.3 Å². The van der Waals surface area contributed by atoms with Crippen molar-refractivity contribution in [1.29, 1.82) is 0 Å². The second-order valence-electron chi connectivity index (χ2n) is 6.19. The number of methoxy groups -OCH3 is 2. The van der Waals surface area contributed by atoms with E-state index >= 15 is 0 Å². The number of nitrogens with zero attached hydrogens (tertiary/aromatic N) is 1. The fourth-order valence-electron chi connectivity index (χ4n) is 2.66. The minimum Gasteiger partial charge on any atom is -0.497 e. The second kappa shape index (κ2) is 9.54. The van der Waals surface area contributed by atoms with E-state index in [-0.39, 0.29) is 18.1 Å². The highest BCUT2D eigenvalue weighted by Crippen LogP contribution is 2.24. The van der Waals surface area contributed by atoms with Crippen molar-refractivity contribution in [2.24, 2.45) is 0 Å². The summed E-state index contributed by atoms with van der Waals surface area (Å²) < 4.78 is 29.0. The highest BCUT2D eigenvalue weighted by Gasteiger charge is 2.10. The zero-order valence-electron chi connectivity index (χ0n) is 16.1. The SMILES string of the molecule is COc1ccc(OC)c(CC(=O)NCc2ccc(Oc3ccc(F)cc3)nc2)c1. The summed E-state index contributed by atoms with van der Waals surface area (Å²) in [5.41, 5.74) is 1.56. The number of benzene rings is 2. The van der Waals surface area contributed by atoms with Gasteiger partial charge in [0, 0.05) is 24.4 Å². The molecule has 0 fully saturated rings. The van der Waals surface area contributed by atoms with E-state index in [9.17, 15) is 9.18 Å². The van der Waals surface area contributed by atoms with Crippen LogP contribution in [0.5, 0.6) is 23.1 Å². The lowest BCUT2D eigenvalue weighted by Gasteiger charge is -2.11. The molecule has 0 radical (unpaired) electrons. The Morgan fingerprint density at radius 3 is 2.41 bits per heavy atom. The first-order valence-electron chi connectivity index (χ1n) is 8.93. The topological polar surface area (TPSA) is 69.7 Å². The number of halogens is 1. The summed E-state index contributed by atoms with van der Waals surface area (Å²) in [6, 6.07) is 14.5. The van der Waals surface area contributed by atoms with Gasteiger partial charge in [0.1, 0.15) is 23.1 Å². The molecule has 1 heterocycles. The molecule has 3 rings (SSSR count). The molecule has 0 aliphatic carbocycles. The van der Waals surface area contributed by atoms with Crippen LogP contribution in [-0.4, -0.2) is 25.1 Å². The molecule has 0 spiro atoms. The Morgan fingerprint density at radius 1 is 1.00 bits per heavy atom. The molecule has 0 aliphatic heterocycles. The Kier molecular flexibility index (Phi) is 6.63. The van der Waals surface area contributed by atoms with Gasteiger partial charge < -0.3 is 19.5 Å². The molecule has 0 saturated carbocycles. The van der Waals surface area contributed by atoms with Gasteiger partial charge in [0.2, 0.25) is 11.8 Å². The van der Waals surface area contributed by atoms with Crippen LogP contribution in [0.25, 0.3) is 0 Å². The van der Waals surface area contributed by atoms with E-state index in [1.807, 2.05) is 0 Å². The van der Waals surface area contributed by atoms with Gasteiger partial charge in [-0.15, -0.1) is 0 Å². The molecule has 2 aromatic carbocycles. The molecule has 0 unspecified atom stereocenters. The maximum atomic E-state index is 12.9. The van der Waals surface area contributed by atoms with Gasteiger partial charge in [0.25, 0.3) is 0 Å². The molecule has 0 bridgehead atoms. The highest BCUT2D eigenvalue weighted by molar-refractivity contribution is 5.79. The molecule has 0 aliphatic rings. The molecule has 7 heteroatoms. The highest BCUT2D eigenvalue weighted by atomic mass is 19.1. The van der Waals surface area contributed by atoms with Crippen molar-refractivity contribution in [3.8, 4) is 23.1 Å². The number of ether oxygens (including phenoxy) is 3. The minimum absolute atomic E-state index is 0.150. The average Bonchev–Trinajstić information content (AvgIpc) is 2.75. The molecule has 1 amide bonds. The maximum Gasteiger partial charge on any atom is 0.224 e. The molecule has 1 N–H and O–H groups in total. The lowest BCUT2D eigenvalue weighted by molar-refractivity contribution is -0.120. The molecular weight excluding hydrogens is 375 g/mol. The van der Waals surface area contributed by atoms with Gasteiger partial charge in [-0.25, -0.2) is 9.37 Å². The Labute approximate surface area is 168 Å². The second-order valence-corrected chi connectivity index (χ2v) is 6.19. The zero-order chi connectivity index (χ0) is 20.6. The lowest BCUT2D eigenvalue weighted by Crippen LogP contribution is -2.24. The van der Waals surface area contributed by atoms with Crippen LogP contribution in [0.2, 0.25) is 0 Å². The van der Waals surface area contributed by atoms with Gasteiger partial charge in [-0.1, -0.05) is 6.07 Å². The smallest absolute Gasteiger partial charge is 0.224 e. The van der Waals surface area contributed by atoms with Crippen molar-refractivity contribution < 1.29 is 23.4 Å². The van der Waals surface area contributed by atoms with Gasteiger partial charge in [0.05, 0.1) is 20.6 Å². The number of rotatable bonds is 8. The van der Waals surface area contributed by atoms with Crippen molar-refractivity contribution in [2.45, 2.75) is 13.0 Å². The van der Waals surface area contributed by atoms with Gasteiger partial charge in [0.15, 0.2) is 0 Å². The van der Waals surface area contributed by atoms with Crippen LogP contribution in [0.4, 0.5) is 4.39 Å². The van der Waals surface area contributed by atoms with E-state index in [2.05, 4.69) is 10.3 Å². The van der Waals surface area contributed by atoms with Crippen LogP contribution in [0.15, 0.2) is 60.8 Å². The van der Waals surface area contributed by atoms with Crippen LogP contribution in [0, 0.1) is 5.82 Å². The predicted molar refractivity (Wildman–Crippen MR) is 106 cm³/mol. The first-order valence-corrected chi connectivity index (χ1v) is 8.93. The summed E-state index contributed by atoms with van der Waals surface area (Å²) in [6.07, 6.45) is 1.78. The molecule has 29 heavy (non-hydrogen) atoms. The first kappa shape index (κ1) is 20.1. The third-order valence-electron chi connectivity index (χ3n) is 4.16. The van der Waals surface area contributed by atoms with E-state index < -0.39 is 0 Å². The Hall–Kier alpha value is -3.61. The van der Waals surface area contributed by atoms with Crippen LogP contribution >= 0.6 is 0 Å². The monoisotopic (exact) mass is 396 g/mol. The fourth-order valence-corrected chi connectivity index (χ4v) is 2.66. The molecular formula is C22H21FN2O4. The van der Waals surface area contributed by atoms with Gasteiger partial charge in [-0.3, -0.25) is 4.79 Å². The van der Waals surface area contributed by atoms with Gasteiger partial charge in [-0.2, -0.15) is 0 Å². The average molecular weight is 396 g/mol. The minimum atomic E-state index is -0.331. The Balaban J connectivity index is 1.54. The van der Waals surface area contributed by atoms with Gasteiger partial charge in [-0.05, 0) is 48.0 Å². The molecule has 0 atom stereocenters. The normalized spacial score (nSPS) is 10.3. The van der Waals surface area contributed by atoms with Crippen LogP contribution in [0.3, 0.4) is 0 Å². The number of pyridine rings is 1. The van der Waals surface area contributed by atoms with E-state index in [1.54, 1.807) is 50.7 Å². The largest absolute Gasteiger partial charge is 0.497 e. The van der Waals surface area contributed by atoms with Crippen molar-refractivity contribution in [3.63, 3.8) is 0 Å². The Bertz CT molecular complexity index is 960. The third kappa shape index (κ3) is 5.68. The number of hydrogen-bond acceptors (Lipinski definition) is 5. The first-order chi connectivity index (χ1) is 14.1. The van der Waals surface area contributed by atoms with Crippen molar-refractivity contribution >= 4 is 5.91 Å². The zero-order valence-corrected chi connectivity index (χ0v) is 16.1. The number of hydrogen-bond donors (Lipinski definition) is 1. The number of nitrogens with one attached hydrogen (secondary N) is 1. The van der Waals surface area contributed by atoms with E-state index in [4.69, 9.17) is 14.2 Å². The summed E-state index contributed by atoms with van der Waals surface area (Å²) in [4.78, 5) is 16.5. The summed E-state index contributed by atoms with van der Waals surface area (Å²) in [5, 5.41) is 2.85. The van der Waals surface area contributed by atoms with E-state index in [1.165, 1.54) is 24.3 Å². The van der Waals surface area contributed by atoms with E-state index in [0.29, 0.717) is 29.7 Å². The number of carbonyl (C=O) groups excluding carboxylic acids is 1. The quantitative estimate of drug-likeness (QED) is 0.626. The molecule has 1 aromatic heterocycles. The summed E-state index contributed by atoms with van der Waals surface area (Å²) in [5.74, 6) is 1.69. The summed E-state index contributed by atoms with van der Waals surface area (Å²) in [7, 11) is 3.13.